The first-order valence-corrected chi connectivity index (χ1v) is 39.3. The molecule has 7 unspecified atom stereocenters. The van der Waals surface area contributed by atoms with Crippen LogP contribution in [0.5, 0.6) is 0 Å². The van der Waals surface area contributed by atoms with E-state index in [4.69, 9.17) is 9.47 Å². The number of aliphatic hydroxyl groups excluding tert-OH is 5. The average molecular weight is 1280 g/mol. The lowest BCUT2D eigenvalue weighted by Gasteiger charge is -2.40. The first kappa shape index (κ1) is 86.4. The van der Waals surface area contributed by atoms with Gasteiger partial charge in [-0.2, -0.15) is 0 Å². The molecule has 1 aliphatic rings. The van der Waals surface area contributed by atoms with Crippen molar-refractivity contribution in [3.63, 3.8) is 0 Å². The number of hydrogen-bond acceptors (Lipinski definition) is 8. The maximum absolute atomic E-state index is 13.2. The molecular weight excluding hydrogens is 1130 g/mol. The third-order valence-electron chi connectivity index (χ3n) is 18.5. The second kappa shape index (κ2) is 70.2. The highest BCUT2D eigenvalue weighted by molar-refractivity contribution is 5.76. The van der Waals surface area contributed by atoms with Crippen LogP contribution < -0.4 is 5.32 Å². The molecule has 1 amide bonds. The third kappa shape index (κ3) is 58.5. The number of amides is 1. The molecule has 7 atom stereocenters. The van der Waals surface area contributed by atoms with E-state index < -0.39 is 49.5 Å². The summed E-state index contributed by atoms with van der Waals surface area (Å²) >= 11 is 0. The fourth-order valence-electron chi connectivity index (χ4n) is 12.4. The van der Waals surface area contributed by atoms with Crippen molar-refractivity contribution in [1.82, 2.24) is 5.32 Å². The van der Waals surface area contributed by atoms with Gasteiger partial charge < -0.3 is 40.3 Å². The van der Waals surface area contributed by atoms with Gasteiger partial charge in [0, 0.05) is 6.42 Å². The van der Waals surface area contributed by atoms with Crippen LogP contribution in [0.15, 0.2) is 85.1 Å². The molecule has 1 fully saturated rings. The molecule has 0 aromatic rings. The van der Waals surface area contributed by atoms with E-state index in [2.05, 4.69) is 104 Å². The van der Waals surface area contributed by atoms with Crippen molar-refractivity contribution < 1.29 is 39.8 Å². The largest absolute Gasteiger partial charge is 0.394 e. The summed E-state index contributed by atoms with van der Waals surface area (Å²) in [6.07, 6.45) is 93.9. The lowest BCUT2D eigenvalue weighted by atomic mass is 9.99. The Kier molecular flexibility index (Phi) is 66.6. The van der Waals surface area contributed by atoms with Gasteiger partial charge in [-0.15, -0.1) is 0 Å². The van der Waals surface area contributed by atoms with Gasteiger partial charge >= 0.3 is 0 Å². The van der Waals surface area contributed by atoms with Crippen molar-refractivity contribution in [1.29, 1.82) is 0 Å². The zero-order valence-electron chi connectivity index (χ0n) is 59.6. The van der Waals surface area contributed by atoms with Crippen molar-refractivity contribution in [2.24, 2.45) is 0 Å². The Bertz CT molecular complexity index is 1720. The van der Waals surface area contributed by atoms with E-state index in [-0.39, 0.29) is 12.5 Å². The zero-order chi connectivity index (χ0) is 65.7. The van der Waals surface area contributed by atoms with Gasteiger partial charge in [-0.05, 0) is 70.6 Å². The highest BCUT2D eigenvalue weighted by Gasteiger charge is 2.44. The van der Waals surface area contributed by atoms with Crippen LogP contribution in [-0.4, -0.2) is 87.5 Å². The predicted octanol–water partition coefficient (Wildman–Crippen LogP) is 22.4. The SMILES string of the molecule is CC/C=C\C/C=C\C/C=C\C/C=C\C/C=C\C/C=C\C/C=C\CCCCCCCCCCCCCCCCCCCC(=O)NC(COC1OC(CO)C(O)C(O)C1O)C(O)CCCCCCCCCCCCCCCCCCCCCCCCCCCCCCC. The Balaban J connectivity index is 2.07. The predicted molar refractivity (Wildman–Crippen MR) is 392 cm³/mol. The minimum Gasteiger partial charge on any atom is -0.394 e. The van der Waals surface area contributed by atoms with E-state index in [0.29, 0.717) is 12.8 Å². The molecule has 530 valence electrons. The Morgan fingerprint density at radius 2 is 0.681 bits per heavy atom. The molecule has 9 nitrogen and oxygen atoms in total. The number of aliphatic hydroxyl groups is 5. The van der Waals surface area contributed by atoms with Crippen molar-refractivity contribution in [2.45, 2.75) is 416 Å². The molecule has 0 radical (unpaired) electrons. The molecule has 0 bridgehead atoms. The quantitative estimate of drug-likeness (QED) is 0.0261. The summed E-state index contributed by atoms with van der Waals surface area (Å²) in [4.78, 5) is 13.2. The number of ether oxygens (including phenoxy) is 2. The van der Waals surface area contributed by atoms with Gasteiger partial charge in [0.05, 0.1) is 25.4 Å². The van der Waals surface area contributed by atoms with Crippen LogP contribution in [0.3, 0.4) is 0 Å². The molecule has 91 heavy (non-hydrogen) atoms. The first-order valence-electron chi connectivity index (χ1n) is 39.3. The summed E-state index contributed by atoms with van der Waals surface area (Å²) < 4.78 is 11.4. The van der Waals surface area contributed by atoms with Gasteiger partial charge in [-0.3, -0.25) is 4.79 Å². The maximum atomic E-state index is 13.2. The molecule has 0 aromatic heterocycles. The molecule has 0 spiro atoms. The van der Waals surface area contributed by atoms with E-state index in [1.54, 1.807) is 0 Å². The number of carbonyl (C=O) groups is 1. The van der Waals surface area contributed by atoms with E-state index in [9.17, 15) is 30.3 Å². The van der Waals surface area contributed by atoms with Crippen molar-refractivity contribution in [3.8, 4) is 0 Å². The van der Waals surface area contributed by atoms with E-state index >= 15 is 0 Å². The Morgan fingerprint density at radius 3 is 1.01 bits per heavy atom. The van der Waals surface area contributed by atoms with Crippen molar-refractivity contribution in [3.05, 3.63) is 85.1 Å². The summed E-state index contributed by atoms with van der Waals surface area (Å²) in [7, 11) is 0. The normalized spacial score (nSPS) is 18.2. The standard InChI is InChI=1S/C82H149NO8/c1-3-5-7-9-11-13-15-17-19-21-23-25-27-29-31-33-34-35-36-37-38-39-40-41-42-44-46-48-50-52-54-56-58-60-62-64-66-68-70-72-78(86)83-75(74-90-82-81(89)80(88)79(87)77(73-84)91-82)76(85)71-69-67-65-63-61-59-57-55-53-51-49-47-45-43-32-30-28-26-24-22-20-18-16-14-12-10-8-6-4-2/h5,7,11,13,17,19,23,25,29,31,34-35,37-38,75-77,79-82,84-85,87-89H,3-4,6,8-10,12,14-16,18,20-22,24,26-28,30,32-33,36,39-74H2,1-2H3,(H,83,86)/b7-5-,13-11-,19-17-,25-23-,31-29-,35-34-,38-37-. The fraction of sp³-hybridized carbons (Fsp3) is 0.817. The van der Waals surface area contributed by atoms with Gasteiger partial charge in [0.15, 0.2) is 6.29 Å². The van der Waals surface area contributed by atoms with E-state index in [0.717, 1.165) is 83.5 Å². The third-order valence-corrected chi connectivity index (χ3v) is 18.5. The monoisotopic (exact) mass is 1280 g/mol. The van der Waals surface area contributed by atoms with E-state index in [1.165, 1.54) is 263 Å². The minimum atomic E-state index is -1.56. The maximum Gasteiger partial charge on any atom is 0.220 e. The molecule has 9 heteroatoms. The van der Waals surface area contributed by atoms with Crippen LogP contribution >= 0.6 is 0 Å². The molecule has 0 saturated carbocycles. The molecule has 0 aliphatic carbocycles. The topological polar surface area (TPSA) is 149 Å². The van der Waals surface area contributed by atoms with Crippen LogP contribution in [0.4, 0.5) is 0 Å². The van der Waals surface area contributed by atoms with Gasteiger partial charge in [-0.25, -0.2) is 0 Å². The Labute approximate surface area is 562 Å². The van der Waals surface area contributed by atoms with Crippen LogP contribution in [0.25, 0.3) is 0 Å². The smallest absolute Gasteiger partial charge is 0.220 e. The van der Waals surface area contributed by atoms with Crippen molar-refractivity contribution in [2.75, 3.05) is 13.2 Å². The summed E-state index contributed by atoms with van der Waals surface area (Å²) in [5.41, 5.74) is 0. The number of hydrogen-bond donors (Lipinski definition) is 6. The van der Waals surface area contributed by atoms with Gasteiger partial charge in [0.25, 0.3) is 0 Å². The second-order valence-electron chi connectivity index (χ2n) is 27.1. The van der Waals surface area contributed by atoms with Crippen LogP contribution in [0.2, 0.25) is 0 Å². The summed E-state index contributed by atoms with van der Waals surface area (Å²) in [5, 5.41) is 55.1. The number of allylic oxidation sites excluding steroid dienone is 14. The molecule has 0 aromatic carbocycles. The minimum absolute atomic E-state index is 0.137. The average Bonchev–Trinajstić information content (AvgIpc) is 1.33. The van der Waals surface area contributed by atoms with E-state index in [1.807, 2.05) is 0 Å². The number of nitrogens with one attached hydrogen (secondary N) is 1. The first-order chi connectivity index (χ1) is 44.8. The highest BCUT2D eigenvalue weighted by Crippen LogP contribution is 2.24. The van der Waals surface area contributed by atoms with Gasteiger partial charge in [-0.1, -0.05) is 381 Å². The molecule has 1 rings (SSSR count). The van der Waals surface area contributed by atoms with Crippen molar-refractivity contribution >= 4 is 5.91 Å². The Morgan fingerprint density at radius 1 is 0.385 bits per heavy atom. The van der Waals surface area contributed by atoms with Gasteiger partial charge in [0.1, 0.15) is 24.4 Å². The molecule has 1 heterocycles. The van der Waals surface area contributed by atoms with Crippen LogP contribution in [0.1, 0.15) is 373 Å². The fourth-order valence-corrected chi connectivity index (χ4v) is 12.4. The number of carbonyl (C=O) groups excluding carboxylic acids is 1. The second-order valence-corrected chi connectivity index (χ2v) is 27.1. The zero-order valence-corrected chi connectivity index (χ0v) is 59.6. The van der Waals surface area contributed by atoms with Crippen LogP contribution in [0, 0.1) is 0 Å². The van der Waals surface area contributed by atoms with Crippen LogP contribution in [-0.2, 0) is 14.3 Å². The summed E-state index contributed by atoms with van der Waals surface area (Å²) in [6, 6.07) is -0.724. The molecule has 1 aliphatic heterocycles. The number of unbranched alkanes of at least 4 members (excludes halogenated alkanes) is 45. The molecule has 1 saturated heterocycles. The van der Waals surface area contributed by atoms with Gasteiger partial charge in [0.2, 0.25) is 5.91 Å². The summed E-state index contributed by atoms with van der Waals surface area (Å²) in [5.74, 6) is -0.139. The Hall–Kier alpha value is -2.63. The molecular formula is C82H149NO8. The highest BCUT2D eigenvalue weighted by atomic mass is 16.7. The summed E-state index contributed by atoms with van der Waals surface area (Å²) in [6.45, 7) is 3.77. The number of rotatable bonds is 69. The lowest BCUT2D eigenvalue weighted by Crippen LogP contribution is -2.60. The lowest BCUT2D eigenvalue weighted by molar-refractivity contribution is -0.302. The molecule has 6 N–H and O–H groups in total.